The van der Waals surface area contributed by atoms with Gasteiger partial charge < -0.3 is 14.1 Å². The molecule has 0 unspecified atom stereocenters. The van der Waals surface area contributed by atoms with Crippen LogP contribution in [0.15, 0.2) is 0 Å². The summed E-state index contributed by atoms with van der Waals surface area (Å²) in [4.78, 5) is 17.0. The van der Waals surface area contributed by atoms with Crippen molar-refractivity contribution in [2.24, 2.45) is 0 Å². The Hall–Kier alpha value is 0.240. The number of hydrogen-bond donors (Lipinski definition) is 0. The van der Waals surface area contributed by atoms with E-state index in [9.17, 15) is 0 Å². The molecule has 0 aromatic heterocycles. The van der Waals surface area contributed by atoms with E-state index in [1.54, 1.807) is 0 Å². The predicted octanol–water partition coefficient (Wildman–Crippen LogP) is -2.88. The van der Waals surface area contributed by atoms with E-state index in [2.05, 4.69) is 0 Å². The van der Waals surface area contributed by atoms with E-state index < -0.39 is 9.17 Å². The van der Waals surface area contributed by atoms with E-state index in [1.807, 2.05) is 0 Å². The first-order chi connectivity index (χ1) is 1.73. The summed E-state index contributed by atoms with van der Waals surface area (Å²) in [5.74, 6) is 0. The maximum Gasteiger partial charge on any atom is 2.00 e. The van der Waals surface area contributed by atoms with Gasteiger partial charge in [0, 0.05) is 9.17 Å². The summed E-state index contributed by atoms with van der Waals surface area (Å²) < 4.78 is 8.52. The molecule has 0 bridgehead atoms. The van der Waals surface area contributed by atoms with Crippen LogP contribution in [0.1, 0.15) is 0 Å². The maximum atomic E-state index is 8.52. The summed E-state index contributed by atoms with van der Waals surface area (Å²) in [5.41, 5.74) is 0. The molecule has 3 nitrogen and oxygen atoms in total. The Morgan fingerprint density at radius 1 is 1.40 bits per heavy atom. The van der Waals surface area contributed by atoms with E-state index in [0.29, 0.717) is 0 Å². The Bertz CT molecular complexity index is 29.9. The molecule has 0 fully saturated rings. The van der Waals surface area contributed by atoms with Crippen molar-refractivity contribution < 1.29 is 33.5 Å². The average molecular weight is 141 g/mol. The molecule has 0 aromatic carbocycles. The predicted molar refractivity (Wildman–Crippen MR) is 6.44 cm³/mol. The summed E-state index contributed by atoms with van der Waals surface area (Å²) in [7, 11) is -3.63. The second-order valence-corrected chi connectivity index (χ2v) is 0.750. The van der Waals surface area contributed by atoms with Gasteiger partial charge in [-0.25, -0.2) is 0 Å². The van der Waals surface area contributed by atoms with Gasteiger partial charge in [-0.2, -0.15) is 0 Å². The summed E-state index contributed by atoms with van der Waals surface area (Å²) in [6, 6.07) is 0. The van der Waals surface area contributed by atoms with Crippen LogP contribution in [-0.4, -0.2) is 9.17 Å². The third-order valence-electron chi connectivity index (χ3n) is 0. The molecule has 0 aliphatic rings. The zero-order chi connectivity index (χ0) is 3.58. The molecule has 0 N–H and O–H groups in total. The molecule has 0 rings (SSSR count). The van der Waals surface area contributed by atoms with Crippen LogP contribution < -0.4 is 9.59 Å². The number of rotatable bonds is 0. The van der Waals surface area contributed by atoms with Crippen molar-refractivity contribution in [3.8, 4) is 0 Å². The van der Waals surface area contributed by atoms with Crippen LogP contribution in [-0.2, 0) is 23.9 Å². The minimum Gasteiger partial charge on any atom is -0.672 e. The van der Waals surface area contributed by atoms with Crippen molar-refractivity contribution >= 4 is 9.17 Å². The minimum absolute atomic E-state index is 0. The van der Waals surface area contributed by atoms with Crippen molar-refractivity contribution in [1.29, 1.82) is 0 Å². The van der Waals surface area contributed by atoms with E-state index in [-0.39, 0.29) is 19.5 Å². The van der Waals surface area contributed by atoms with Gasteiger partial charge in [-0.05, 0) is 0 Å². The van der Waals surface area contributed by atoms with Crippen molar-refractivity contribution in [3.05, 3.63) is 0 Å². The summed E-state index contributed by atoms with van der Waals surface area (Å²) in [6.45, 7) is 0. The molecule has 0 saturated carbocycles. The van der Waals surface area contributed by atoms with E-state index in [4.69, 9.17) is 14.1 Å². The largest absolute Gasteiger partial charge is 2.00 e. The molecule has 0 radical (unpaired) electrons. The van der Waals surface area contributed by atoms with Gasteiger partial charge >= 0.3 is 19.5 Å². The van der Waals surface area contributed by atoms with E-state index in [1.165, 1.54) is 0 Å². The minimum atomic E-state index is -3.63. The third kappa shape index (κ3) is 369. The quantitative estimate of drug-likeness (QED) is 0.341. The number of hydrogen-bond acceptors (Lipinski definition) is 3. The van der Waals surface area contributed by atoms with Crippen LogP contribution in [0.5, 0.6) is 0 Å². The molecule has 0 aliphatic carbocycles. The molecule has 0 spiro atoms. The second kappa shape index (κ2) is 4.24. The normalized spacial score (nSPS) is 4.80. The van der Waals surface area contributed by atoms with Crippen LogP contribution in [0.4, 0.5) is 0 Å². The van der Waals surface area contributed by atoms with Crippen molar-refractivity contribution in [2.45, 2.75) is 0 Å². The maximum absolute atomic E-state index is 8.52. The summed E-state index contributed by atoms with van der Waals surface area (Å²) in [5, 5.41) is 0. The van der Waals surface area contributed by atoms with E-state index in [0.717, 1.165) is 0 Å². The molecule has 0 heterocycles. The molecule has 24 valence electrons. The molecular formula is O3SiZn. The SMILES string of the molecule is O=[Si]([O-])[O-].[Zn+2]. The first-order valence-corrected chi connectivity index (χ1v) is 1.84. The summed E-state index contributed by atoms with van der Waals surface area (Å²) in [6.07, 6.45) is 0. The van der Waals surface area contributed by atoms with Crippen LogP contribution in [0, 0.1) is 0 Å². The first-order valence-electron chi connectivity index (χ1n) is 0.612. The Morgan fingerprint density at radius 3 is 1.40 bits per heavy atom. The first kappa shape index (κ1) is 8.97. The zero-order valence-corrected chi connectivity index (χ0v) is 6.40. The molecule has 0 atom stereocenters. The van der Waals surface area contributed by atoms with Gasteiger partial charge in [-0.3, -0.25) is 0 Å². The average Bonchev–Trinajstić information content (AvgIpc) is 0.811. The smallest absolute Gasteiger partial charge is 0.672 e. The van der Waals surface area contributed by atoms with Crippen LogP contribution in [0.3, 0.4) is 0 Å². The van der Waals surface area contributed by atoms with Gasteiger partial charge in [0.25, 0.3) is 0 Å². The molecule has 0 aliphatic heterocycles. The van der Waals surface area contributed by atoms with Crippen molar-refractivity contribution in [2.75, 3.05) is 0 Å². The third-order valence-corrected chi connectivity index (χ3v) is 0. The van der Waals surface area contributed by atoms with Crippen LogP contribution >= 0.6 is 0 Å². The van der Waals surface area contributed by atoms with Gasteiger partial charge in [0.05, 0.1) is 0 Å². The monoisotopic (exact) mass is 140 g/mol. The second-order valence-electron chi connectivity index (χ2n) is 0.250. The van der Waals surface area contributed by atoms with Gasteiger partial charge in [-0.15, -0.1) is 0 Å². The van der Waals surface area contributed by atoms with Gasteiger partial charge in [0.1, 0.15) is 0 Å². The van der Waals surface area contributed by atoms with Crippen LogP contribution in [0.25, 0.3) is 0 Å². The van der Waals surface area contributed by atoms with E-state index >= 15 is 0 Å². The standard InChI is InChI=1S/O3Si.Zn/c1-4(2)3;/q-2;+2. The van der Waals surface area contributed by atoms with Crippen molar-refractivity contribution in [1.82, 2.24) is 0 Å². The fraction of sp³-hybridized carbons (Fsp3) is 0. The Balaban J connectivity index is 0. The van der Waals surface area contributed by atoms with Gasteiger partial charge in [0.15, 0.2) is 0 Å². The van der Waals surface area contributed by atoms with Crippen LogP contribution in [0.2, 0.25) is 0 Å². The topological polar surface area (TPSA) is 63.2 Å². The fourth-order valence-corrected chi connectivity index (χ4v) is 0. The Labute approximate surface area is 43.3 Å². The molecular weight excluding hydrogens is 141 g/mol. The fourth-order valence-electron chi connectivity index (χ4n) is 0. The molecule has 5 heavy (non-hydrogen) atoms. The molecule has 0 aromatic rings. The summed E-state index contributed by atoms with van der Waals surface area (Å²) >= 11 is 0. The molecule has 0 amide bonds. The molecule has 5 heteroatoms. The van der Waals surface area contributed by atoms with Gasteiger partial charge in [0.2, 0.25) is 0 Å². The van der Waals surface area contributed by atoms with Gasteiger partial charge in [-0.1, -0.05) is 0 Å². The molecule has 0 saturated heterocycles. The Kier molecular flexibility index (Phi) is 7.61. The zero-order valence-electron chi connectivity index (χ0n) is 2.43. The van der Waals surface area contributed by atoms with Crippen molar-refractivity contribution in [3.63, 3.8) is 0 Å². The Morgan fingerprint density at radius 2 is 1.40 bits per heavy atom.